The van der Waals surface area contributed by atoms with Crippen molar-refractivity contribution in [3.05, 3.63) is 71.6 Å². The summed E-state index contributed by atoms with van der Waals surface area (Å²) in [6.45, 7) is 6.77. The molecule has 0 amide bonds. The van der Waals surface area contributed by atoms with E-state index in [0.29, 0.717) is 11.1 Å². The lowest BCUT2D eigenvalue weighted by Crippen LogP contribution is -2.01. The number of aryl methyl sites for hydroxylation is 2. The number of hydrogen-bond donors (Lipinski definition) is 0. The van der Waals surface area contributed by atoms with Crippen LogP contribution in [0.1, 0.15) is 11.1 Å². The van der Waals surface area contributed by atoms with Crippen LogP contribution in [0.3, 0.4) is 0 Å². The lowest BCUT2D eigenvalue weighted by molar-refractivity contribution is 0.377. The second-order valence-electron chi connectivity index (χ2n) is 4.77. The zero-order chi connectivity index (χ0) is 16.3. The summed E-state index contributed by atoms with van der Waals surface area (Å²) >= 11 is 0. The van der Waals surface area contributed by atoms with Gasteiger partial charge >= 0.3 is 7.60 Å². The average molecular weight is 324 g/mol. The van der Waals surface area contributed by atoms with Crippen molar-refractivity contribution in [3.63, 3.8) is 0 Å². The molecule has 0 bridgehead atoms. The number of halogens is 2. The predicted molar refractivity (Wildman–Crippen MR) is 81.3 cm³/mol. The van der Waals surface area contributed by atoms with Crippen LogP contribution in [0.5, 0.6) is 11.5 Å². The third kappa shape index (κ3) is 3.74. The second kappa shape index (κ2) is 6.32. The van der Waals surface area contributed by atoms with Crippen molar-refractivity contribution in [2.24, 2.45) is 0 Å². The van der Waals surface area contributed by atoms with Gasteiger partial charge in [0.05, 0.1) is 0 Å². The predicted octanol–water partition coefficient (Wildman–Crippen LogP) is 5.38. The third-order valence-electron chi connectivity index (χ3n) is 2.85. The molecule has 0 unspecified atom stereocenters. The first-order valence-corrected chi connectivity index (χ1v) is 8.09. The first-order valence-electron chi connectivity index (χ1n) is 6.48. The molecule has 2 aromatic rings. The molecule has 2 rings (SSSR count). The summed E-state index contributed by atoms with van der Waals surface area (Å²) in [5, 5.41) is 0. The Kier molecular flexibility index (Phi) is 4.67. The molecule has 2 aromatic carbocycles. The minimum absolute atomic E-state index is 0.249. The fraction of sp³-hybridized carbons (Fsp3) is 0.125. The second-order valence-corrected chi connectivity index (χ2v) is 6.58. The Bertz CT molecular complexity index is 702. The smallest absolute Gasteiger partial charge is 0.410 e. The van der Waals surface area contributed by atoms with Crippen LogP contribution in [0.2, 0.25) is 0 Å². The van der Waals surface area contributed by atoms with Crippen molar-refractivity contribution in [1.82, 2.24) is 0 Å². The summed E-state index contributed by atoms with van der Waals surface area (Å²) in [6.07, 6.45) is 0. The standard InChI is InChI=1S/C16H15F2O3P/c1-4-22(19,20-15-7-5-11(2)9-13(15)17)21-16-8-6-12(3)10-14(16)18/h4-10H,1H2,2-3H3. The van der Waals surface area contributed by atoms with Crippen LogP contribution in [0.15, 0.2) is 48.8 Å². The maximum Gasteiger partial charge on any atom is 0.455 e. The molecule has 22 heavy (non-hydrogen) atoms. The maximum absolute atomic E-state index is 13.8. The quantitative estimate of drug-likeness (QED) is 0.693. The van der Waals surface area contributed by atoms with E-state index in [1.54, 1.807) is 26.0 Å². The van der Waals surface area contributed by atoms with Crippen molar-refractivity contribution in [1.29, 1.82) is 0 Å². The Morgan fingerprint density at radius 3 is 1.68 bits per heavy atom. The van der Waals surface area contributed by atoms with E-state index in [4.69, 9.17) is 9.05 Å². The van der Waals surface area contributed by atoms with Crippen molar-refractivity contribution in [3.8, 4) is 11.5 Å². The van der Waals surface area contributed by atoms with Crippen molar-refractivity contribution in [2.75, 3.05) is 0 Å². The number of hydrogen-bond acceptors (Lipinski definition) is 3. The molecule has 0 saturated heterocycles. The Labute approximate surface area is 127 Å². The molecule has 0 aliphatic rings. The third-order valence-corrected chi connectivity index (χ3v) is 4.20. The Morgan fingerprint density at radius 2 is 1.36 bits per heavy atom. The first kappa shape index (κ1) is 16.2. The highest BCUT2D eigenvalue weighted by Gasteiger charge is 2.26. The number of rotatable bonds is 5. The van der Waals surface area contributed by atoms with Gasteiger partial charge < -0.3 is 9.05 Å². The number of benzene rings is 2. The first-order chi connectivity index (χ1) is 10.3. The highest BCUT2D eigenvalue weighted by atomic mass is 31.2. The van der Waals surface area contributed by atoms with Crippen molar-refractivity contribution >= 4 is 7.60 Å². The molecule has 0 aliphatic heterocycles. The van der Waals surface area contributed by atoms with E-state index >= 15 is 0 Å². The minimum atomic E-state index is -3.94. The Balaban J connectivity index is 2.28. The molecule has 6 heteroatoms. The lowest BCUT2D eigenvalue weighted by atomic mass is 10.2. The maximum atomic E-state index is 13.8. The normalized spacial score (nSPS) is 11.1. The molecule has 0 fully saturated rings. The molecule has 0 radical (unpaired) electrons. The van der Waals surface area contributed by atoms with Crippen LogP contribution in [-0.2, 0) is 4.57 Å². The fourth-order valence-electron chi connectivity index (χ4n) is 1.73. The van der Waals surface area contributed by atoms with E-state index in [1.807, 2.05) is 0 Å². The average Bonchev–Trinajstić information content (AvgIpc) is 2.45. The van der Waals surface area contributed by atoms with Crippen LogP contribution in [0.25, 0.3) is 0 Å². The van der Waals surface area contributed by atoms with Crippen molar-refractivity contribution < 1.29 is 22.4 Å². The van der Waals surface area contributed by atoms with E-state index in [1.165, 1.54) is 24.3 Å². The van der Waals surface area contributed by atoms with Gasteiger partial charge in [-0.15, -0.1) is 0 Å². The molecule has 0 aliphatic carbocycles. The van der Waals surface area contributed by atoms with Crippen LogP contribution >= 0.6 is 7.60 Å². The molecule has 0 atom stereocenters. The summed E-state index contributed by atoms with van der Waals surface area (Å²) in [4.78, 5) is 0. The van der Waals surface area contributed by atoms with Gasteiger partial charge in [-0.2, -0.15) is 0 Å². The van der Waals surface area contributed by atoms with Gasteiger partial charge in [-0.3, -0.25) is 0 Å². The van der Waals surface area contributed by atoms with Gasteiger partial charge in [-0.1, -0.05) is 18.7 Å². The fourth-order valence-corrected chi connectivity index (χ4v) is 2.76. The van der Waals surface area contributed by atoms with E-state index < -0.39 is 19.2 Å². The molecule has 116 valence electrons. The molecular weight excluding hydrogens is 309 g/mol. The van der Waals surface area contributed by atoms with Crippen LogP contribution in [0, 0.1) is 25.5 Å². The highest BCUT2D eigenvalue weighted by molar-refractivity contribution is 7.58. The van der Waals surface area contributed by atoms with Gasteiger partial charge in [-0.05, 0) is 49.2 Å². The molecule has 0 N–H and O–H groups in total. The van der Waals surface area contributed by atoms with Gasteiger partial charge in [0.15, 0.2) is 23.1 Å². The van der Waals surface area contributed by atoms with Crippen LogP contribution < -0.4 is 9.05 Å². The van der Waals surface area contributed by atoms with E-state index in [9.17, 15) is 13.3 Å². The van der Waals surface area contributed by atoms with Crippen LogP contribution in [0.4, 0.5) is 8.78 Å². The van der Waals surface area contributed by atoms with Gasteiger partial charge in [0, 0.05) is 5.82 Å². The van der Waals surface area contributed by atoms with Gasteiger partial charge in [0.1, 0.15) is 0 Å². The molecule has 0 spiro atoms. The Hall–Kier alpha value is -2.13. The molecule has 3 nitrogen and oxygen atoms in total. The Morgan fingerprint density at radius 1 is 0.955 bits per heavy atom. The molecule has 0 heterocycles. The SMILES string of the molecule is C=CP(=O)(Oc1ccc(C)cc1F)Oc1ccc(C)cc1F. The van der Waals surface area contributed by atoms with Gasteiger partial charge in [0.25, 0.3) is 0 Å². The minimum Gasteiger partial charge on any atom is -0.410 e. The molecule has 0 saturated carbocycles. The van der Waals surface area contributed by atoms with Gasteiger partial charge in [-0.25, -0.2) is 13.3 Å². The zero-order valence-electron chi connectivity index (χ0n) is 12.2. The highest BCUT2D eigenvalue weighted by Crippen LogP contribution is 2.50. The molecule has 0 aromatic heterocycles. The largest absolute Gasteiger partial charge is 0.455 e. The summed E-state index contributed by atoms with van der Waals surface area (Å²) in [5.74, 6) is -0.959. The lowest BCUT2D eigenvalue weighted by Gasteiger charge is -2.17. The van der Waals surface area contributed by atoms with E-state index in [2.05, 4.69) is 6.58 Å². The van der Waals surface area contributed by atoms with Crippen LogP contribution in [-0.4, -0.2) is 0 Å². The monoisotopic (exact) mass is 324 g/mol. The summed E-state index contributed by atoms with van der Waals surface area (Å²) in [5.41, 5.74) is 1.37. The summed E-state index contributed by atoms with van der Waals surface area (Å²) in [7, 11) is -3.94. The zero-order valence-corrected chi connectivity index (χ0v) is 13.1. The van der Waals surface area contributed by atoms with E-state index in [-0.39, 0.29) is 11.5 Å². The summed E-state index contributed by atoms with van der Waals surface area (Å²) in [6, 6.07) is 8.31. The molecular formula is C16H15F2O3P. The topological polar surface area (TPSA) is 35.5 Å². The van der Waals surface area contributed by atoms with E-state index in [0.717, 1.165) is 5.82 Å². The van der Waals surface area contributed by atoms with Crippen molar-refractivity contribution in [2.45, 2.75) is 13.8 Å². The summed E-state index contributed by atoms with van der Waals surface area (Å²) < 4.78 is 50.3. The van der Waals surface area contributed by atoms with Gasteiger partial charge in [0.2, 0.25) is 0 Å².